The zero-order valence-corrected chi connectivity index (χ0v) is 68.7. The Morgan fingerprint density at radius 1 is 0.265 bits per heavy atom. The predicted octanol–water partition coefficient (Wildman–Crippen LogP) is 25.1. The molecular formula is C83H162O17P2. The normalized spacial score (nSPS) is 13.9. The molecular weight excluding hydrogens is 1330 g/mol. The van der Waals surface area contributed by atoms with Gasteiger partial charge >= 0.3 is 39.5 Å². The quantitative estimate of drug-likeness (QED) is 0.0222. The molecule has 0 heterocycles. The fourth-order valence-corrected chi connectivity index (χ4v) is 14.5. The van der Waals surface area contributed by atoms with Gasteiger partial charge in [0.25, 0.3) is 0 Å². The highest BCUT2D eigenvalue weighted by atomic mass is 31.2. The smallest absolute Gasteiger partial charge is 0.462 e. The van der Waals surface area contributed by atoms with Crippen molar-refractivity contribution in [2.45, 2.75) is 458 Å². The van der Waals surface area contributed by atoms with Crippen LogP contribution >= 0.6 is 15.6 Å². The number of phosphoric ester groups is 2. The second-order valence-corrected chi connectivity index (χ2v) is 33.7. The van der Waals surface area contributed by atoms with Gasteiger partial charge in [0.05, 0.1) is 26.4 Å². The van der Waals surface area contributed by atoms with Crippen molar-refractivity contribution in [2.24, 2.45) is 11.8 Å². The van der Waals surface area contributed by atoms with Crippen LogP contribution in [-0.2, 0) is 65.4 Å². The minimum absolute atomic E-state index is 0.107. The van der Waals surface area contributed by atoms with Crippen LogP contribution in [0.1, 0.15) is 440 Å². The van der Waals surface area contributed by atoms with Crippen molar-refractivity contribution >= 4 is 39.5 Å². The zero-order chi connectivity index (χ0) is 74.9. The van der Waals surface area contributed by atoms with Crippen molar-refractivity contribution in [3.63, 3.8) is 0 Å². The lowest BCUT2D eigenvalue weighted by Gasteiger charge is -2.21. The number of aliphatic hydroxyl groups is 1. The largest absolute Gasteiger partial charge is 0.472 e. The third kappa shape index (κ3) is 76.3. The molecule has 0 saturated carbocycles. The lowest BCUT2D eigenvalue weighted by atomic mass is 10.0. The highest BCUT2D eigenvalue weighted by Gasteiger charge is 2.30. The van der Waals surface area contributed by atoms with E-state index in [1.165, 1.54) is 257 Å². The van der Waals surface area contributed by atoms with Gasteiger partial charge in [-0.15, -0.1) is 0 Å². The number of unbranched alkanes of at least 4 members (excludes halogenated alkanes) is 52. The third-order valence-corrected chi connectivity index (χ3v) is 21.4. The number of carbonyl (C=O) groups excluding carboxylic acids is 4. The molecule has 0 fully saturated rings. The molecule has 5 atom stereocenters. The van der Waals surface area contributed by atoms with Crippen molar-refractivity contribution in [1.29, 1.82) is 0 Å². The molecule has 606 valence electrons. The van der Waals surface area contributed by atoms with Crippen LogP contribution < -0.4 is 0 Å². The first kappa shape index (κ1) is 100. The Morgan fingerprint density at radius 3 is 0.667 bits per heavy atom. The van der Waals surface area contributed by atoms with E-state index in [2.05, 4.69) is 41.5 Å². The van der Waals surface area contributed by atoms with E-state index >= 15 is 0 Å². The van der Waals surface area contributed by atoms with Crippen LogP contribution in [0.3, 0.4) is 0 Å². The van der Waals surface area contributed by atoms with Crippen molar-refractivity contribution in [1.82, 2.24) is 0 Å². The first-order valence-corrected chi connectivity index (χ1v) is 46.0. The summed E-state index contributed by atoms with van der Waals surface area (Å²) in [5, 5.41) is 10.7. The van der Waals surface area contributed by atoms with Crippen LogP contribution in [0.15, 0.2) is 0 Å². The number of hydrogen-bond acceptors (Lipinski definition) is 15. The van der Waals surface area contributed by atoms with E-state index in [9.17, 15) is 43.2 Å². The fourth-order valence-electron chi connectivity index (χ4n) is 12.9. The van der Waals surface area contributed by atoms with E-state index < -0.39 is 97.5 Å². The average Bonchev–Trinajstić information content (AvgIpc) is 0.918. The maximum atomic E-state index is 13.1. The summed E-state index contributed by atoms with van der Waals surface area (Å²) < 4.78 is 68.8. The van der Waals surface area contributed by atoms with Gasteiger partial charge in [0.15, 0.2) is 12.2 Å². The summed E-state index contributed by atoms with van der Waals surface area (Å²) in [6.45, 7) is 9.68. The molecule has 102 heavy (non-hydrogen) atoms. The summed E-state index contributed by atoms with van der Waals surface area (Å²) in [6, 6.07) is 0. The Balaban J connectivity index is 5.26. The number of ether oxygens (including phenoxy) is 4. The molecule has 19 heteroatoms. The van der Waals surface area contributed by atoms with Gasteiger partial charge in [-0.1, -0.05) is 388 Å². The van der Waals surface area contributed by atoms with E-state index in [0.717, 1.165) is 102 Å². The van der Waals surface area contributed by atoms with Gasteiger partial charge < -0.3 is 33.8 Å². The van der Waals surface area contributed by atoms with Crippen LogP contribution in [0.2, 0.25) is 0 Å². The highest BCUT2D eigenvalue weighted by molar-refractivity contribution is 7.47. The lowest BCUT2D eigenvalue weighted by Crippen LogP contribution is -2.30. The van der Waals surface area contributed by atoms with Crippen LogP contribution in [0.4, 0.5) is 0 Å². The molecule has 0 aliphatic carbocycles. The number of hydrogen-bond donors (Lipinski definition) is 3. The molecule has 0 aliphatic rings. The van der Waals surface area contributed by atoms with Crippen molar-refractivity contribution in [3.05, 3.63) is 0 Å². The average molecular weight is 1490 g/mol. The molecule has 17 nitrogen and oxygen atoms in total. The van der Waals surface area contributed by atoms with Crippen molar-refractivity contribution < 1.29 is 80.2 Å². The molecule has 0 saturated heterocycles. The van der Waals surface area contributed by atoms with Crippen LogP contribution in [-0.4, -0.2) is 96.7 Å². The summed E-state index contributed by atoms with van der Waals surface area (Å²) in [6.07, 6.45) is 65.1. The number of carbonyl (C=O) groups is 4. The first-order chi connectivity index (χ1) is 49.4. The number of aliphatic hydroxyl groups excluding tert-OH is 1. The van der Waals surface area contributed by atoms with Gasteiger partial charge in [-0.3, -0.25) is 37.3 Å². The van der Waals surface area contributed by atoms with Crippen molar-refractivity contribution in [3.8, 4) is 0 Å². The predicted molar refractivity (Wildman–Crippen MR) is 418 cm³/mol. The number of rotatable bonds is 82. The first-order valence-electron chi connectivity index (χ1n) is 43.0. The monoisotopic (exact) mass is 1490 g/mol. The molecule has 2 unspecified atom stereocenters. The maximum absolute atomic E-state index is 13.1. The Hall–Kier alpha value is -1.94. The molecule has 0 radical (unpaired) electrons. The molecule has 0 aromatic rings. The summed E-state index contributed by atoms with van der Waals surface area (Å²) in [5.41, 5.74) is 0. The zero-order valence-electron chi connectivity index (χ0n) is 66.9. The lowest BCUT2D eigenvalue weighted by molar-refractivity contribution is -0.161. The number of phosphoric acid groups is 2. The van der Waals surface area contributed by atoms with Crippen molar-refractivity contribution in [2.75, 3.05) is 39.6 Å². The Bertz CT molecular complexity index is 1960. The Morgan fingerprint density at radius 2 is 0.451 bits per heavy atom. The summed E-state index contributed by atoms with van der Waals surface area (Å²) in [7, 11) is -9.92. The highest BCUT2D eigenvalue weighted by Crippen LogP contribution is 2.45. The summed E-state index contributed by atoms with van der Waals surface area (Å²) in [5.74, 6) is -0.536. The second kappa shape index (κ2) is 74.5. The minimum atomic E-state index is -4.96. The Kier molecular flexibility index (Phi) is 73.1. The van der Waals surface area contributed by atoms with E-state index in [-0.39, 0.29) is 25.7 Å². The van der Waals surface area contributed by atoms with Crippen LogP contribution in [0, 0.1) is 11.8 Å². The van der Waals surface area contributed by atoms with Gasteiger partial charge in [0, 0.05) is 25.7 Å². The standard InChI is InChI=1S/C83H162O17P2/c1-7-9-11-13-15-17-19-21-22-23-24-25-26-29-37-43-49-55-61-67-82(87)99-79(72-94-81(86)66-60-54-48-42-36-30-27-28-33-39-45-51-57-63-75(3)4)74-98-102(91,92)96-70-77(84)69-95-101(89,90)97-73-78(71-93-80(85)65-59-53-47-41-35-20-18-16-14-12-10-8-2)100-83(88)68-62-56-50-44-38-32-31-34-40-46-52-58-64-76(5)6/h75-79,84H,7-74H2,1-6H3,(H,89,90)(H,91,92)/t77-,78+,79+/m0/s1. The van der Waals surface area contributed by atoms with Gasteiger partial charge in [0.2, 0.25) is 0 Å². The molecule has 0 spiro atoms. The van der Waals surface area contributed by atoms with Gasteiger partial charge in [-0.05, 0) is 37.5 Å². The Labute approximate surface area is 626 Å². The molecule has 0 aliphatic heterocycles. The molecule has 0 aromatic carbocycles. The maximum Gasteiger partial charge on any atom is 0.472 e. The van der Waals surface area contributed by atoms with E-state index in [1.807, 2.05) is 0 Å². The van der Waals surface area contributed by atoms with Gasteiger partial charge in [-0.25, -0.2) is 9.13 Å². The SMILES string of the molecule is CCCCCCCCCCCCCCCCCCCCCC(=O)O[C@H](COC(=O)CCCCCCCCCCCCCCCC(C)C)COP(=O)(O)OC[C@@H](O)COP(=O)(O)OC[C@@H](COC(=O)CCCCCCCCCCCCCC)OC(=O)CCCCCCCCCCCCCCC(C)C. The molecule has 0 bridgehead atoms. The molecule has 0 amide bonds. The van der Waals surface area contributed by atoms with E-state index in [0.29, 0.717) is 25.7 Å². The van der Waals surface area contributed by atoms with Gasteiger partial charge in [0.1, 0.15) is 19.3 Å². The summed E-state index contributed by atoms with van der Waals surface area (Å²) >= 11 is 0. The molecule has 3 N–H and O–H groups in total. The molecule has 0 aromatic heterocycles. The van der Waals surface area contributed by atoms with Crippen LogP contribution in [0.5, 0.6) is 0 Å². The van der Waals surface area contributed by atoms with Crippen LogP contribution in [0.25, 0.3) is 0 Å². The summed E-state index contributed by atoms with van der Waals surface area (Å²) in [4.78, 5) is 73.1. The third-order valence-electron chi connectivity index (χ3n) is 19.5. The topological polar surface area (TPSA) is 237 Å². The second-order valence-electron chi connectivity index (χ2n) is 30.8. The van der Waals surface area contributed by atoms with E-state index in [1.54, 1.807) is 0 Å². The minimum Gasteiger partial charge on any atom is -0.462 e. The van der Waals surface area contributed by atoms with E-state index in [4.69, 9.17) is 37.0 Å². The fraction of sp³-hybridized carbons (Fsp3) is 0.952. The number of esters is 4. The van der Waals surface area contributed by atoms with Gasteiger partial charge in [-0.2, -0.15) is 0 Å². The molecule has 0 rings (SSSR count).